The van der Waals surface area contributed by atoms with Gasteiger partial charge in [0.15, 0.2) is 0 Å². The Kier molecular flexibility index (Phi) is 6.15. The Bertz CT molecular complexity index is 1050. The molecule has 0 atom stereocenters. The van der Waals surface area contributed by atoms with Gasteiger partial charge in [-0.1, -0.05) is 11.6 Å². The largest absolute Gasteiger partial charge is 0.497 e. The van der Waals surface area contributed by atoms with E-state index in [1.807, 2.05) is 0 Å². The van der Waals surface area contributed by atoms with Crippen molar-refractivity contribution in [2.45, 2.75) is 9.79 Å². The minimum Gasteiger partial charge on any atom is -0.497 e. The second-order valence-corrected chi connectivity index (χ2v) is 9.97. The fourth-order valence-electron chi connectivity index (χ4n) is 2.64. The van der Waals surface area contributed by atoms with Crippen molar-refractivity contribution in [2.75, 3.05) is 38.1 Å². The van der Waals surface area contributed by atoms with E-state index in [-0.39, 0.29) is 33.6 Å². The highest BCUT2D eigenvalue weighted by molar-refractivity contribution is 7.92. The van der Waals surface area contributed by atoms with Gasteiger partial charge in [0, 0.05) is 19.2 Å². The first-order valence-electron chi connectivity index (χ1n) is 8.28. The highest BCUT2D eigenvalue weighted by Crippen LogP contribution is 2.29. The van der Waals surface area contributed by atoms with Crippen LogP contribution in [0.3, 0.4) is 0 Å². The molecule has 0 unspecified atom stereocenters. The van der Waals surface area contributed by atoms with Crippen LogP contribution >= 0.6 is 11.6 Å². The number of sulfonamides is 2. The molecule has 152 valence electrons. The molecule has 1 saturated heterocycles. The maximum Gasteiger partial charge on any atom is 0.261 e. The Labute approximate surface area is 169 Å². The van der Waals surface area contributed by atoms with Gasteiger partial charge in [-0.3, -0.25) is 4.72 Å². The Morgan fingerprint density at radius 1 is 1.00 bits per heavy atom. The van der Waals surface area contributed by atoms with Crippen molar-refractivity contribution in [1.29, 1.82) is 0 Å². The standard InChI is InChI=1S/C17H19ClN2O6S2/c1-25-13-2-7-16(18)17(12-13)19-27(21,22)14-3-5-15(6-4-14)28(23,24)20-8-10-26-11-9-20/h2-7,12,19H,8-11H2,1H3. The predicted octanol–water partition coefficient (Wildman–Crippen LogP) is 2.17. The molecule has 1 heterocycles. The van der Waals surface area contributed by atoms with Crippen LogP contribution in [0, 0.1) is 0 Å². The lowest BCUT2D eigenvalue weighted by atomic mass is 10.3. The first-order chi connectivity index (χ1) is 13.2. The summed E-state index contributed by atoms with van der Waals surface area (Å²) < 4.78 is 64.4. The number of hydrogen-bond acceptors (Lipinski definition) is 6. The number of benzene rings is 2. The lowest BCUT2D eigenvalue weighted by molar-refractivity contribution is 0.0730. The summed E-state index contributed by atoms with van der Waals surface area (Å²) in [6.07, 6.45) is 0. The van der Waals surface area contributed by atoms with Gasteiger partial charge in [0.1, 0.15) is 5.75 Å². The number of halogens is 1. The average Bonchev–Trinajstić information content (AvgIpc) is 2.70. The van der Waals surface area contributed by atoms with Crippen LogP contribution in [0.2, 0.25) is 5.02 Å². The van der Waals surface area contributed by atoms with Crippen LogP contribution in [0.15, 0.2) is 52.3 Å². The van der Waals surface area contributed by atoms with Crippen LogP contribution in [-0.2, 0) is 24.8 Å². The van der Waals surface area contributed by atoms with Gasteiger partial charge in [-0.25, -0.2) is 16.8 Å². The first-order valence-corrected chi connectivity index (χ1v) is 11.6. The topological polar surface area (TPSA) is 102 Å². The van der Waals surface area contributed by atoms with Gasteiger partial charge in [0.2, 0.25) is 10.0 Å². The molecule has 0 aromatic heterocycles. The summed E-state index contributed by atoms with van der Waals surface area (Å²) in [5, 5.41) is 0.205. The van der Waals surface area contributed by atoms with Crippen LogP contribution in [0.4, 0.5) is 5.69 Å². The van der Waals surface area contributed by atoms with E-state index in [1.54, 1.807) is 6.07 Å². The third-order valence-corrected chi connectivity index (χ3v) is 7.78. The molecule has 1 aliphatic rings. The summed E-state index contributed by atoms with van der Waals surface area (Å²) in [7, 11) is -6.21. The molecule has 2 aromatic rings. The zero-order valence-electron chi connectivity index (χ0n) is 15.0. The lowest BCUT2D eigenvalue weighted by Crippen LogP contribution is -2.40. The highest BCUT2D eigenvalue weighted by Gasteiger charge is 2.27. The summed E-state index contributed by atoms with van der Waals surface area (Å²) in [5.74, 6) is 0.439. The number of methoxy groups -OCH3 is 1. The highest BCUT2D eigenvalue weighted by atomic mass is 35.5. The smallest absolute Gasteiger partial charge is 0.261 e. The van der Waals surface area contributed by atoms with E-state index in [0.717, 1.165) is 0 Å². The van der Waals surface area contributed by atoms with Crippen molar-refractivity contribution in [3.05, 3.63) is 47.5 Å². The van der Waals surface area contributed by atoms with Gasteiger partial charge >= 0.3 is 0 Å². The van der Waals surface area contributed by atoms with E-state index in [0.29, 0.717) is 19.0 Å². The molecule has 1 N–H and O–H groups in total. The first kappa shape index (κ1) is 20.9. The number of morpholine rings is 1. The zero-order chi connectivity index (χ0) is 20.4. The Hall–Kier alpha value is -1.85. The van der Waals surface area contributed by atoms with Gasteiger partial charge in [0.05, 0.1) is 40.8 Å². The summed E-state index contributed by atoms with van der Waals surface area (Å²) in [5.41, 5.74) is 0.158. The Morgan fingerprint density at radius 3 is 2.21 bits per heavy atom. The summed E-state index contributed by atoms with van der Waals surface area (Å²) >= 11 is 6.04. The molecule has 0 spiro atoms. The quantitative estimate of drug-likeness (QED) is 0.729. The van der Waals surface area contributed by atoms with E-state index < -0.39 is 20.0 Å². The van der Waals surface area contributed by atoms with Crippen LogP contribution in [-0.4, -0.2) is 54.6 Å². The molecule has 0 aliphatic carbocycles. The molecular weight excluding hydrogens is 428 g/mol. The van der Waals surface area contributed by atoms with E-state index in [4.69, 9.17) is 21.1 Å². The van der Waals surface area contributed by atoms with E-state index in [2.05, 4.69) is 4.72 Å². The molecule has 28 heavy (non-hydrogen) atoms. The third kappa shape index (κ3) is 4.41. The molecule has 3 rings (SSSR count). The summed E-state index contributed by atoms with van der Waals surface area (Å²) in [6.45, 7) is 1.18. The van der Waals surface area contributed by atoms with Crippen molar-refractivity contribution in [3.63, 3.8) is 0 Å². The fourth-order valence-corrected chi connectivity index (χ4v) is 5.34. The van der Waals surface area contributed by atoms with Gasteiger partial charge in [-0.05, 0) is 36.4 Å². The van der Waals surface area contributed by atoms with Gasteiger partial charge in [-0.15, -0.1) is 0 Å². The monoisotopic (exact) mass is 446 g/mol. The van der Waals surface area contributed by atoms with Gasteiger partial charge in [0.25, 0.3) is 10.0 Å². The van der Waals surface area contributed by atoms with Crippen LogP contribution < -0.4 is 9.46 Å². The van der Waals surface area contributed by atoms with Crippen molar-refractivity contribution < 1.29 is 26.3 Å². The number of nitrogens with zero attached hydrogens (tertiary/aromatic N) is 1. The molecule has 11 heteroatoms. The molecule has 0 radical (unpaired) electrons. The minimum atomic E-state index is -3.97. The molecule has 0 bridgehead atoms. The Balaban J connectivity index is 1.84. The SMILES string of the molecule is COc1ccc(Cl)c(NS(=O)(=O)c2ccc(S(=O)(=O)N3CCOCC3)cc2)c1. The van der Waals surface area contributed by atoms with Crippen molar-refractivity contribution in [1.82, 2.24) is 4.31 Å². The Morgan fingerprint density at radius 2 is 1.61 bits per heavy atom. The molecule has 1 aliphatic heterocycles. The number of ether oxygens (including phenoxy) is 2. The van der Waals surface area contributed by atoms with Gasteiger partial charge in [-0.2, -0.15) is 4.31 Å². The molecule has 8 nitrogen and oxygen atoms in total. The van der Waals surface area contributed by atoms with Gasteiger partial charge < -0.3 is 9.47 Å². The summed E-state index contributed by atoms with van der Waals surface area (Å²) in [4.78, 5) is -0.0694. The maximum atomic E-state index is 12.6. The molecule has 0 saturated carbocycles. The number of anilines is 1. The predicted molar refractivity (Wildman–Crippen MR) is 105 cm³/mol. The minimum absolute atomic E-state index is 0.0211. The zero-order valence-corrected chi connectivity index (χ0v) is 17.3. The maximum absolute atomic E-state index is 12.6. The van der Waals surface area contributed by atoms with E-state index in [1.165, 1.54) is 47.8 Å². The number of hydrogen-bond donors (Lipinski definition) is 1. The fraction of sp³-hybridized carbons (Fsp3) is 0.294. The van der Waals surface area contributed by atoms with Crippen molar-refractivity contribution in [2.24, 2.45) is 0 Å². The van der Waals surface area contributed by atoms with Crippen LogP contribution in [0.5, 0.6) is 5.75 Å². The summed E-state index contributed by atoms with van der Waals surface area (Å²) in [6, 6.07) is 9.59. The third-order valence-electron chi connectivity index (χ3n) is 4.16. The second-order valence-electron chi connectivity index (χ2n) is 5.94. The molecule has 1 fully saturated rings. The molecule has 0 amide bonds. The van der Waals surface area contributed by atoms with Crippen molar-refractivity contribution in [3.8, 4) is 5.75 Å². The number of nitrogens with one attached hydrogen (secondary N) is 1. The van der Waals surface area contributed by atoms with E-state index >= 15 is 0 Å². The average molecular weight is 447 g/mol. The van der Waals surface area contributed by atoms with Crippen LogP contribution in [0.1, 0.15) is 0 Å². The second kappa shape index (κ2) is 8.26. The van der Waals surface area contributed by atoms with Crippen molar-refractivity contribution >= 4 is 37.3 Å². The number of rotatable bonds is 6. The van der Waals surface area contributed by atoms with Crippen LogP contribution in [0.25, 0.3) is 0 Å². The molecular formula is C17H19ClN2O6S2. The normalized spacial score (nSPS) is 15.9. The van der Waals surface area contributed by atoms with E-state index in [9.17, 15) is 16.8 Å². The lowest BCUT2D eigenvalue weighted by Gasteiger charge is -2.26. The molecule has 2 aromatic carbocycles.